The van der Waals surface area contributed by atoms with Crippen molar-refractivity contribution < 1.29 is 19.2 Å². The molecule has 28 heavy (non-hydrogen) atoms. The van der Waals surface area contributed by atoms with Crippen LogP contribution in [0.1, 0.15) is 42.2 Å². The van der Waals surface area contributed by atoms with Crippen molar-refractivity contribution in [2.45, 2.75) is 37.4 Å². The van der Waals surface area contributed by atoms with Crippen molar-refractivity contribution in [3.05, 3.63) is 63.8 Å². The molecule has 2 aromatic rings. The number of nitro benzene ring substituents is 1. The molecule has 0 aliphatic carbocycles. The number of carbonyl (C=O) groups is 2. The Bertz CT molecular complexity index is 872. The molecule has 1 amide bonds. The molecule has 148 valence electrons. The Hall–Kier alpha value is -2.94. The molecule has 1 aromatic carbocycles. The molecule has 1 atom stereocenters. The number of nitrogens with one attached hydrogen (secondary N) is 1. The summed E-state index contributed by atoms with van der Waals surface area (Å²) in [5.41, 5.74) is 0.383. The zero-order chi connectivity index (χ0) is 20.7. The summed E-state index contributed by atoms with van der Waals surface area (Å²) < 4.78 is 5.16. The number of ether oxygens (including phenoxy) is 1. The number of para-hydroxylation sites is 1. The maximum absolute atomic E-state index is 12.8. The minimum Gasteiger partial charge on any atom is -0.463 e. The first-order chi connectivity index (χ1) is 13.3. The number of rotatable bonds is 8. The molecule has 0 radical (unpaired) electrons. The van der Waals surface area contributed by atoms with Gasteiger partial charge in [-0.05, 0) is 32.2 Å². The second-order valence-electron chi connectivity index (χ2n) is 6.14. The standard InChI is InChI=1S/C19H21N3O5S/c1-12(2)27-17(23)11-15(13-7-4-5-9-16(13)22(25)26)21-18(24)14-8-6-10-20-19(14)28-3/h4-10,12,15H,11H2,1-3H3,(H,21,24)/t15-/m1/s1. The molecule has 0 saturated carbocycles. The SMILES string of the molecule is CSc1ncccc1C(=O)N[C@H](CC(=O)OC(C)C)c1ccccc1[N+](=O)[O-]. The maximum Gasteiger partial charge on any atom is 0.308 e. The van der Waals surface area contributed by atoms with Gasteiger partial charge in [0.25, 0.3) is 11.6 Å². The molecule has 0 fully saturated rings. The van der Waals surface area contributed by atoms with E-state index in [4.69, 9.17) is 4.74 Å². The van der Waals surface area contributed by atoms with E-state index in [9.17, 15) is 19.7 Å². The summed E-state index contributed by atoms with van der Waals surface area (Å²) in [6, 6.07) is 8.31. The molecule has 0 spiro atoms. The van der Waals surface area contributed by atoms with Crippen LogP contribution in [0.5, 0.6) is 0 Å². The molecule has 0 aliphatic heterocycles. The summed E-state index contributed by atoms with van der Waals surface area (Å²) in [4.78, 5) is 40.0. The molecule has 2 rings (SSSR count). The molecule has 0 aliphatic rings. The average Bonchev–Trinajstić information content (AvgIpc) is 2.66. The Balaban J connectivity index is 2.37. The largest absolute Gasteiger partial charge is 0.463 e. The van der Waals surface area contributed by atoms with E-state index in [0.717, 1.165) is 0 Å². The van der Waals surface area contributed by atoms with Gasteiger partial charge in [-0.15, -0.1) is 11.8 Å². The van der Waals surface area contributed by atoms with Crippen LogP contribution in [-0.4, -0.2) is 34.1 Å². The lowest BCUT2D eigenvalue weighted by molar-refractivity contribution is -0.385. The van der Waals surface area contributed by atoms with Crippen LogP contribution in [0.2, 0.25) is 0 Å². The van der Waals surface area contributed by atoms with E-state index >= 15 is 0 Å². The number of carbonyl (C=O) groups excluding carboxylic acids is 2. The number of nitro groups is 1. The van der Waals surface area contributed by atoms with E-state index in [2.05, 4.69) is 10.3 Å². The van der Waals surface area contributed by atoms with Crippen molar-refractivity contribution >= 4 is 29.3 Å². The third kappa shape index (κ3) is 5.53. The van der Waals surface area contributed by atoms with Crippen LogP contribution in [0.25, 0.3) is 0 Å². The second kappa shape index (κ2) is 9.84. The Morgan fingerprint density at radius 3 is 2.61 bits per heavy atom. The number of pyridine rings is 1. The first-order valence-electron chi connectivity index (χ1n) is 8.56. The lowest BCUT2D eigenvalue weighted by atomic mass is 10.0. The van der Waals surface area contributed by atoms with Gasteiger partial charge in [0.2, 0.25) is 0 Å². The second-order valence-corrected chi connectivity index (χ2v) is 6.94. The van der Waals surface area contributed by atoms with Gasteiger partial charge >= 0.3 is 5.97 Å². The van der Waals surface area contributed by atoms with Crippen molar-refractivity contribution in [3.63, 3.8) is 0 Å². The Morgan fingerprint density at radius 2 is 1.96 bits per heavy atom. The van der Waals surface area contributed by atoms with Gasteiger partial charge in [-0.3, -0.25) is 19.7 Å². The normalized spacial score (nSPS) is 11.7. The number of benzene rings is 1. The van der Waals surface area contributed by atoms with E-state index in [1.54, 1.807) is 44.5 Å². The van der Waals surface area contributed by atoms with Crippen LogP contribution < -0.4 is 5.32 Å². The highest BCUT2D eigenvalue weighted by Crippen LogP contribution is 2.28. The predicted octanol–water partition coefficient (Wildman–Crippen LogP) is 3.52. The first-order valence-corrected chi connectivity index (χ1v) is 9.78. The molecule has 1 aromatic heterocycles. The van der Waals surface area contributed by atoms with Crippen LogP contribution in [0.4, 0.5) is 5.69 Å². The molecule has 0 bridgehead atoms. The van der Waals surface area contributed by atoms with Crippen molar-refractivity contribution in [1.82, 2.24) is 10.3 Å². The smallest absolute Gasteiger partial charge is 0.308 e. The molecule has 0 saturated heterocycles. The van der Waals surface area contributed by atoms with Crippen LogP contribution in [-0.2, 0) is 9.53 Å². The van der Waals surface area contributed by atoms with Gasteiger partial charge in [-0.2, -0.15) is 0 Å². The summed E-state index contributed by atoms with van der Waals surface area (Å²) in [6.45, 7) is 3.41. The fourth-order valence-corrected chi connectivity index (χ4v) is 3.17. The highest BCUT2D eigenvalue weighted by molar-refractivity contribution is 7.98. The van der Waals surface area contributed by atoms with Crippen LogP contribution >= 0.6 is 11.8 Å². The van der Waals surface area contributed by atoms with E-state index in [1.807, 2.05) is 0 Å². The molecular weight excluding hydrogens is 382 g/mol. The third-order valence-corrected chi connectivity index (χ3v) is 4.47. The lowest BCUT2D eigenvalue weighted by Gasteiger charge is -2.20. The topological polar surface area (TPSA) is 111 Å². The Morgan fingerprint density at radius 1 is 1.25 bits per heavy atom. The quantitative estimate of drug-likeness (QED) is 0.311. The third-order valence-electron chi connectivity index (χ3n) is 3.76. The summed E-state index contributed by atoms with van der Waals surface area (Å²) >= 11 is 1.31. The van der Waals surface area contributed by atoms with Gasteiger partial charge in [0.05, 0.1) is 34.6 Å². The Kier molecular flexibility index (Phi) is 7.51. The van der Waals surface area contributed by atoms with Gasteiger partial charge in [0.15, 0.2) is 0 Å². The number of esters is 1. The highest BCUT2D eigenvalue weighted by atomic mass is 32.2. The van der Waals surface area contributed by atoms with Crippen molar-refractivity contribution in [1.29, 1.82) is 0 Å². The van der Waals surface area contributed by atoms with Gasteiger partial charge < -0.3 is 10.1 Å². The number of nitrogens with zero attached hydrogens (tertiary/aromatic N) is 2. The van der Waals surface area contributed by atoms with E-state index in [-0.39, 0.29) is 23.8 Å². The van der Waals surface area contributed by atoms with Crippen molar-refractivity contribution in [2.24, 2.45) is 0 Å². The number of hydrogen-bond acceptors (Lipinski definition) is 7. The van der Waals surface area contributed by atoms with Gasteiger partial charge in [0.1, 0.15) is 5.03 Å². The minimum absolute atomic E-state index is 0.179. The van der Waals surface area contributed by atoms with Crippen LogP contribution in [0.3, 0.4) is 0 Å². The molecule has 1 N–H and O–H groups in total. The molecule has 9 heteroatoms. The molecule has 1 heterocycles. The van der Waals surface area contributed by atoms with Crippen LogP contribution in [0.15, 0.2) is 47.6 Å². The summed E-state index contributed by atoms with van der Waals surface area (Å²) in [5, 5.41) is 14.7. The van der Waals surface area contributed by atoms with Gasteiger partial charge in [-0.25, -0.2) is 4.98 Å². The highest BCUT2D eigenvalue weighted by Gasteiger charge is 2.27. The monoisotopic (exact) mass is 403 g/mol. The van der Waals surface area contributed by atoms with Gasteiger partial charge in [-0.1, -0.05) is 18.2 Å². The minimum atomic E-state index is -0.921. The molecule has 8 nitrogen and oxygen atoms in total. The summed E-state index contributed by atoms with van der Waals surface area (Å²) in [5.74, 6) is -1.03. The zero-order valence-electron chi connectivity index (χ0n) is 15.7. The fraction of sp³-hybridized carbons (Fsp3) is 0.316. The number of hydrogen-bond donors (Lipinski definition) is 1. The predicted molar refractivity (Wildman–Crippen MR) is 105 cm³/mol. The van der Waals surface area contributed by atoms with E-state index in [0.29, 0.717) is 10.6 Å². The Labute approximate surface area is 166 Å². The summed E-state index contributed by atoms with van der Waals surface area (Å²) in [7, 11) is 0. The number of thioether (sulfide) groups is 1. The summed E-state index contributed by atoms with van der Waals surface area (Å²) in [6.07, 6.45) is 2.79. The first kappa shape index (κ1) is 21.4. The van der Waals surface area contributed by atoms with Crippen LogP contribution in [0, 0.1) is 10.1 Å². The zero-order valence-corrected chi connectivity index (χ0v) is 16.6. The van der Waals surface area contributed by atoms with E-state index < -0.39 is 22.8 Å². The average molecular weight is 403 g/mol. The number of aromatic nitrogens is 1. The molecular formula is C19H21N3O5S. The lowest BCUT2D eigenvalue weighted by Crippen LogP contribution is -2.32. The number of amides is 1. The van der Waals surface area contributed by atoms with Crippen molar-refractivity contribution in [3.8, 4) is 0 Å². The van der Waals surface area contributed by atoms with Gasteiger partial charge in [0, 0.05) is 12.3 Å². The fourth-order valence-electron chi connectivity index (χ4n) is 2.63. The van der Waals surface area contributed by atoms with E-state index in [1.165, 1.54) is 30.0 Å². The maximum atomic E-state index is 12.8. The molecule has 0 unspecified atom stereocenters. The van der Waals surface area contributed by atoms with Crippen molar-refractivity contribution in [2.75, 3.05) is 6.26 Å².